The predicted molar refractivity (Wildman–Crippen MR) is 124 cm³/mol. The number of benzene rings is 1. The Balaban J connectivity index is 0.00000261. The van der Waals surface area contributed by atoms with E-state index in [0.717, 1.165) is 56.3 Å². The van der Waals surface area contributed by atoms with Crippen molar-refractivity contribution >= 4 is 41.3 Å². The summed E-state index contributed by atoms with van der Waals surface area (Å²) in [7, 11) is 3.57. The van der Waals surface area contributed by atoms with Crippen LogP contribution < -0.4 is 10.1 Å². The maximum absolute atomic E-state index is 5.25. The van der Waals surface area contributed by atoms with Crippen LogP contribution in [-0.2, 0) is 6.42 Å². The number of nitrogens with zero attached hydrogens (tertiary/aromatic N) is 3. The van der Waals surface area contributed by atoms with Crippen LogP contribution in [0, 0.1) is 6.92 Å². The molecule has 1 aromatic carbocycles. The van der Waals surface area contributed by atoms with E-state index in [-0.39, 0.29) is 24.0 Å². The molecule has 3 rings (SSSR count). The average molecular weight is 500 g/mol. The minimum atomic E-state index is 0. The van der Waals surface area contributed by atoms with Crippen LogP contribution in [-0.4, -0.2) is 49.6 Å². The SMILES string of the molecule is CN=C(NCCCc1nc(C)cs1)N1CCC(c2ccc(OC)cc2)C1.I. The van der Waals surface area contributed by atoms with Crippen molar-refractivity contribution in [1.82, 2.24) is 15.2 Å². The van der Waals surface area contributed by atoms with Crippen LogP contribution in [0.3, 0.4) is 0 Å². The van der Waals surface area contributed by atoms with Gasteiger partial charge in [-0.1, -0.05) is 12.1 Å². The Kier molecular flexibility index (Phi) is 8.82. The van der Waals surface area contributed by atoms with Gasteiger partial charge in [0.15, 0.2) is 5.96 Å². The number of aliphatic imine (C=N–C) groups is 1. The third-order valence-electron chi connectivity index (χ3n) is 4.80. The number of methoxy groups -OCH3 is 1. The summed E-state index contributed by atoms with van der Waals surface area (Å²) < 4.78 is 5.25. The zero-order chi connectivity index (χ0) is 18.4. The van der Waals surface area contributed by atoms with Gasteiger partial charge in [-0.25, -0.2) is 4.98 Å². The summed E-state index contributed by atoms with van der Waals surface area (Å²) in [5.74, 6) is 2.48. The molecule has 0 aliphatic carbocycles. The molecule has 1 N–H and O–H groups in total. The summed E-state index contributed by atoms with van der Waals surface area (Å²) in [4.78, 5) is 11.4. The number of guanidine groups is 1. The van der Waals surface area contributed by atoms with Gasteiger partial charge in [-0.05, 0) is 37.5 Å². The lowest BCUT2D eigenvalue weighted by molar-refractivity contribution is 0.414. The molecule has 0 bridgehead atoms. The number of nitrogens with one attached hydrogen (secondary N) is 1. The smallest absolute Gasteiger partial charge is 0.193 e. The van der Waals surface area contributed by atoms with E-state index in [4.69, 9.17) is 4.74 Å². The summed E-state index contributed by atoms with van der Waals surface area (Å²) in [5.41, 5.74) is 2.50. The minimum absolute atomic E-state index is 0. The van der Waals surface area contributed by atoms with Gasteiger partial charge in [0.05, 0.1) is 12.1 Å². The van der Waals surface area contributed by atoms with Gasteiger partial charge >= 0.3 is 0 Å². The van der Waals surface area contributed by atoms with Crippen LogP contribution >= 0.6 is 35.3 Å². The van der Waals surface area contributed by atoms with E-state index in [0.29, 0.717) is 5.92 Å². The fraction of sp³-hybridized carbons (Fsp3) is 0.500. The van der Waals surface area contributed by atoms with Crippen molar-refractivity contribution in [1.29, 1.82) is 0 Å². The fourth-order valence-corrected chi connectivity index (χ4v) is 4.21. The molecule has 0 spiro atoms. The molecule has 148 valence electrons. The summed E-state index contributed by atoms with van der Waals surface area (Å²) in [6.07, 6.45) is 3.25. The molecule has 2 heterocycles. The van der Waals surface area contributed by atoms with Crippen LogP contribution in [0.15, 0.2) is 34.6 Å². The number of aromatic nitrogens is 1. The molecule has 7 heteroatoms. The molecule has 1 unspecified atom stereocenters. The first-order valence-corrected chi connectivity index (χ1v) is 10.1. The van der Waals surface area contributed by atoms with Crippen molar-refractivity contribution in [2.24, 2.45) is 4.99 Å². The lowest BCUT2D eigenvalue weighted by atomic mass is 9.98. The minimum Gasteiger partial charge on any atom is -0.497 e. The third-order valence-corrected chi connectivity index (χ3v) is 5.83. The van der Waals surface area contributed by atoms with Crippen LogP contribution in [0.2, 0.25) is 0 Å². The van der Waals surface area contributed by atoms with Crippen molar-refractivity contribution in [3.63, 3.8) is 0 Å². The zero-order valence-corrected chi connectivity index (χ0v) is 19.4. The van der Waals surface area contributed by atoms with E-state index >= 15 is 0 Å². The largest absolute Gasteiger partial charge is 0.497 e. The molecular formula is C20H29IN4OS. The number of aryl methyl sites for hydroxylation is 2. The average Bonchev–Trinajstić information content (AvgIpc) is 3.31. The lowest BCUT2D eigenvalue weighted by Crippen LogP contribution is -2.40. The molecule has 1 aliphatic heterocycles. The molecule has 1 aromatic heterocycles. The van der Waals surface area contributed by atoms with Gasteiger partial charge < -0.3 is 15.0 Å². The Hall–Kier alpha value is -1.35. The van der Waals surface area contributed by atoms with Crippen molar-refractivity contribution < 1.29 is 4.74 Å². The Morgan fingerprint density at radius 1 is 1.37 bits per heavy atom. The second-order valence-corrected chi connectivity index (χ2v) is 7.61. The van der Waals surface area contributed by atoms with Gasteiger partial charge in [0.2, 0.25) is 0 Å². The maximum atomic E-state index is 5.25. The van der Waals surface area contributed by atoms with Gasteiger partial charge in [-0.15, -0.1) is 35.3 Å². The Labute approximate surface area is 183 Å². The van der Waals surface area contributed by atoms with Gasteiger partial charge in [-0.2, -0.15) is 0 Å². The number of ether oxygens (including phenoxy) is 1. The first-order valence-electron chi connectivity index (χ1n) is 9.20. The van der Waals surface area contributed by atoms with Gasteiger partial charge in [0.25, 0.3) is 0 Å². The second-order valence-electron chi connectivity index (χ2n) is 6.66. The van der Waals surface area contributed by atoms with Crippen molar-refractivity contribution in [2.75, 3.05) is 33.8 Å². The molecule has 0 radical (unpaired) electrons. The Bertz CT molecular complexity index is 732. The van der Waals surface area contributed by atoms with Crippen LogP contribution in [0.25, 0.3) is 0 Å². The number of halogens is 1. The summed E-state index contributed by atoms with van der Waals surface area (Å²) in [6.45, 7) is 5.03. The first kappa shape index (κ1) is 21.9. The van der Waals surface area contributed by atoms with E-state index in [1.165, 1.54) is 10.6 Å². The molecule has 1 saturated heterocycles. The van der Waals surface area contributed by atoms with Gasteiger partial charge in [0.1, 0.15) is 5.75 Å². The van der Waals surface area contributed by atoms with Crippen molar-refractivity contribution in [3.8, 4) is 5.75 Å². The van der Waals surface area contributed by atoms with E-state index in [9.17, 15) is 0 Å². The third kappa shape index (κ3) is 6.07. The highest BCUT2D eigenvalue weighted by molar-refractivity contribution is 14.0. The molecule has 1 atom stereocenters. The van der Waals surface area contributed by atoms with Crippen LogP contribution in [0.4, 0.5) is 0 Å². The second kappa shape index (κ2) is 10.8. The molecule has 1 fully saturated rings. The quantitative estimate of drug-likeness (QED) is 0.281. The Morgan fingerprint density at radius 2 is 2.15 bits per heavy atom. The normalized spacial score (nSPS) is 16.9. The molecule has 1 aliphatic rings. The van der Waals surface area contributed by atoms with Crippen molar-refractivity contribution in [3.05, 3.63) is 45.9 Å². The highest BCUT2D eigenvalue weighted by Gasteiger charge is 2.25. The molecule has 5 nitrogen and oxygen atoms in total. The van der Waals surface area contributed by atoms with Gasteiger partial charge in [0, 0.05) is 50.1 Å². The molecule has 0 saturated carbocycles. The van der Waals surface area contributed by atoms with E-state index in [2.05, 4.69) is 37.7 Å². The Morgan fingerprint density at radius 3 is 2.78 bits per heavy atom. The van der Waals surface area contributed by atoms with E-state index in [1.54, 1.807) is 18.4 Å². The summed E-state index contributed by atoms with van der Waals surface area (Å²) in [6, 6.07) is 8.45. The summed E-state index contributed by atoms with van der Waals surface area (Å²) >= 11 is 1.75. The zero-order valence-electron chi connectivity index (χ0n) is 16.3. The monoisotopic (exact) mass is 500 g/mol. The molecule has 0 amide bonds. The standard InChI is InChI=1S/C20H28N4OS.HI/c1-15-14-26-19(23-15)5-4-11-22-20(21-2)24-12-10-17(13-24)16-6-8-18(25-3)9-7-16;/h6-9,14,17H,4-5,10-13H2,1-3H3,(H,21,22);1H. The van der Waals surface area contributed by atoms with Gasteiger partial charge in [-0.3, -0.25) is 4.99 Å². The molecule has 2 aromatic rings. The number of rotatable bonds is 6. The lowest BCUT2D eigenvalue weighted by Gasteiger charge is -2.21. The van der Waals surface area contributed by atoms with Crippen molar-refractivity contribution in [2.45, 2.75) is 32.1 Å². The summed E-state index contributed by atoms with van der Waals surface area (Å²) in [5, 5.41) is 6.85. The number of thiazole rings is 1. The molecular weight excluding hydrogens is 471 g/mol. The number of hydrogen-bond acceptors (Lipinski definition) is 4. The first-order chi connectivity index (χ1) is 12.7. The topological polar surface area (TPSA) is 49.8 Å². The fourth-order valence-electron chi connectivity index (χ4n) is 3.39. The highest BCUT2D eigenvalue weighted by atomic mass is 127. The van der Waals surface area contributed by atoms with Crippen LogP contribution in [0.1, 0.15) is 35.0 Å². The predicted octanol–water partition coefficient (Wildman–Crippen LogP) is 4.08. The number of hydrogen-bond donors (Lipinski definition) is 1. The van der Waals surface area contributed by atoms with Crippen LogP contribution in [0.5, 0.6) is 5.75 Å². The number of likely N-dealkylation sites (tertiary alicyclic amines) is 1. The van der Waals surface area contributed by atoms with E-state index < -0.39 is 0 Å². The maximum Gasteiger partial charge on any atom is 0.193 e. The highest BCUT2D eigenvalue weighted by Crippen LogP contribution is 2.28. The van der Waals surface area contributed by atoms with E-state index in [1.807, 2.05) is 26.1 Å². The molecule has 27 heavy (non-hydrogen) atoms.